The molecule has 0 spiro atoms. The Morgan fingerprint density at radius 2 is 2.12 bits per heavy atom. The Hall–Kier alpha value is -1.55. The summed E-state index contributed by atoms with van der Waals surface area (Å²) in [5.41, 5.74) is -0.597. The zero-order chi connectivity index (χ0) is 19.3. The van der Waals surface area contributed by atoms with Crippen LogP contribution in [-0.2, 0) is 0 Å². The maximum atomic E-state index is 13.6. The van der Waals surface area contributed by atoms with Crippen molar-refractivity contribution in [3.05, 3.63) is 32.6 Å². The van der Waals surface area contributed by atoms with E-state index in [1.807, 2.05) is 5.38 Å². The summed E-state index contributed by atoms with van der Waals surface area (Å²) < 4.78 is 42.0. The van der Waals surface area contributed by atoms with Gasteiger partial charge >= 0.3 is 6.18 Å². The molecule has 0 saturated heterocycles. The van der Waals surface area contributed by atoms with Crippen LogP contribution in [0.4, 0.5) is 19.0 Å². The van der Waals surface area contributed by atoms with Gasteiger partial charge in [-0.3, -0.25) is 4.79 Å². The summed E-state index contributed by atoms with van der Waals surface area (Å²) >= 11 is 4.65. The molecule has 0 unspecified atom stereocenters. The molecule has 1 aliphatic rings. The third-order valence-corrected chi connectivity index (χ3v) is 5.62. The van der Waals surface area contributed by atoms with Crippen LogP contribution in [0.5, 0.6) is 0 Å². The van der Waals surface area contributed by atoms with Gasteiger partial charge in [-0.1, -0.05) is 6.07 Å². The second kappa shape index (κ2) is 6.56. The van der Waals surface area contributed by atoms with Crippen LogP contribution in [0.2, 0.25) is 0 Å². The average molecular weight is 451 g/mol. The first-order valence-electron chi connectivity index (χ1n) is 7.94. The summed E-state index contributed by atoms with van der Waals surface area (Å²) in [5, 5.41) is 11.6. The minimum absolute atomic E-state index is 0.0662. The van der Waals surface area contributed by atoms with Gasteiger partial charge in [0.15, 0.2) is 11.7 Å². The quantitative estimate of drug-likeness (QED) is 0.684. The topological polar surface area (TPSA) is 59.0 Å². The van der Waals surface area contributed by atoms with E-state index in [-0.39, 0.29) is 22.4 Å². The van der Waals surface area contributed by atoms with E-state index >= 15 is 0 Å². The fourth-order valence-corrected chi connectivity index (χ4v) is 4.16. The molecule has 0 fully saturated rings. The SMILES string of the molecule is CC(C)(C)NC(=O)c1nn2c(c1Br)N[C@@H](c1cccs1)C[C@H]2C(F)(F)F. The number of aromatic nitrogens is 2. The highest BCUT2D eigenvalue weighted by Gasteiger charge is 2.48. The van der Waals surface area contributed by atoms with Crippen molar-refractivity contribution < 1.29 is 18.0 Å². The largest absolute Gasteiger partial charge is 0.410 e. The van der Waals surface area contributed by atoms with Crippen molar-refractivity contribution in [1.29, 1.82) is 0 Å². The number of carbonyl (C=O) groups is 1. The van der Waals surface area contributed by atoms with E-state index in [0.29, 0.717) is 0 Å². The second-order valence-electron chi connectivity index (χ2n) is 7.17. The molecule has 1 amide bonds. The number of anilines is 1. The molecule has 142 valence electrons. The molecular weight excluding hydrogens is 433 g/mol. The highest BCUT2D eigenvalue weighted by atomic mass is 79.9. The van der Waals surface area contributed by atoms with Crippen LogP contribution >= 0.6 is 27.3 Å². The summed E-state index contributed by atoms with van der Waals surface area (Å²) in [6.07, 6.45) is -4.67. The van der Waals surface area contributed by atoms with Crippen molar-refractivity contribution in [2.45, 2.75) is 51.0 Å². The molecule has 5 nitrogen and oxygen atoms in total. The Morgan fingerprint density at radius 1 is 1.42 bits per heavy atom. The van der Waals surface area contributed by atoms with Crippen LogP contribution in [0.1, 0.15) is 54.6 Å². The number of halogens is 4. The van der Waals surface area contributed by atoms with E-state index < -0.39 is 29.7 Å². The van der Waals surface area contributed by atoms with E-state index in [9.17, 15) is 18.0 Å². The van der Waals surface area contributed by atoms with Crippen LogP contribution in [0, 0.1) is 0 Å². The maximum absolute atomic E-state index is 13.6. The number of nitrogens with one attached hydrogen (secondary N) is 2. The van der Waals surface area contributed by atoms with Gasteiger partial charge in [0, 0.05) is 16.8 Å². The summed E-state index contributed by atoms with van der Waals surface area (Å²) in [5.74, 6) is -0.363. The van der Waals surface area contributed by atoms with Crippen LogP contribution in [0.25, 0.3) is 0 Å². The number of nitrogens with zero attached hydrogens (tertiary/aromatic N) is 2. The van der Waals surface area contributed by atoms with E-state index in [1.54, 1.807) is 32.9 Å². The minimum atomic E-state index is -4.48. The molecule has 1 aliphatic heterocycles. The smallest absolute Gasteiger partial charge is 0.362 e. The number of fused-ring (bicyclic) bond motifs is 1. The molecule has 0 radical (unpaired) electrons. The summed E-state index contributed by atoms with van der Waals surface area (Å²) in [4.78, 5) is 13.2. The van der Waals surface area contributed by atoms with Gasteiger partial charge in [0.25, 0.3) is 5.91 Å². The maximum Gasteiger partial charge on any atom is 0.410 e. The van der Waals surface area contributed by atoms with Gasteiger partial charge in [-0.15, -0.1) is 11.3 Å². The van der Waals surface area contributed by atoms with Crippen molar-refractivity contribution in [3.8, 4) is 0 Å². The summed E-state index contributed by atoms with van der Waals surface area (Å²) in [6.45, 7) is 5.37. The zero-order valence-corrected chi connectivity index (χ0v) is 16.7. The first-order valence-corrected chi connectivity index (χ1v) is 9.62. The van der Waals surface area contributed by atoms with Gasteiger partial charge < -0.3 is 10.6 Å². The fraction of sp³-hybridized carbons (Fsp3) is 0.500. The minimum Gasteiger partial charge on any atom is -0.362 e. The van der Waals surface area contributed by atoms with Gasteiger partial charge in [0.2, 0.25) is 0 Å². The van der Waals surface area contributed by atoms with Crippen LogP contribution in [0.15, 0.2) is 22.0 Å². The third kappa shape index (κ3) is 3.75. The van der Waals surface area contributed by atoms with Gasteiger partial charge in [0.1, 0.15) is 5.82 Å². The van der Waals surface area contributed by atoms with E-state index in [0.717, 1.165) is 9.56 Å². The normalized spacial score (nSPS) is 20.4. The molecule has 3 heterocycles. The van der Waals surface area contributed by atoms with Crippen molar-refractivity contribution in [1.82, 2.24) is 15.1 Å². The van der Waals surface area contributed by atoms with Crippen molar-refractivity contribution >= 4 is 39.0 Å². The van der Waals surface area contributed by atoms with Gasteiger partial charge in [-0.05, 0) is 48.1 Å². The zero-order valence-electron chi connectivity index (χ0n) is 14.3. The number of rotatable bonds is 2. The van der Waals surface area contributed by atoms with E-state index in [4.69, 9.17) is 0 Å². The van der Waals surface area contributed by atoms with Crippen LogP contribution < -0.4 is 10.6 Å². The Bertz CT molecular complexity index is 811. The molecule has 2 atom stereocenters. The van der Waals surface area contributed by atoms with E-state index in [2.05, 4.69) is 31.7 Å². The van der Waals surface area contributed by atoms with Crippen molar-refractivity contribution in [2.75, 3.05) is 5.32 Å². The molecule has 0 bridgehead atoms. The molecule has 2 aromatic heterocycles. The number of hydrogen-bond acceptors (Lipinski definition) is 4. The first-order chi connectivity index (χ1) is 12.0. The number of carbonyl (C=O) groups excluding carboxylic acids is 1. The first kappa shape index (κ1) is 19.2. The van der Waals surface area contributed by atoms with Gasteiger partial charge in [0.05, 0.1) is 10.5 Å². The molecular formula is C16H18BrF3N4OS. The summed E-state index contributed by atoms with van der Waals surface area (Å²) in [6, 6.07) is 1.29. The molecule has 26 heavy (non-hydrogen) atoms. The van der Waals surface area contributed by atoms with Crippen molar-refractivity contribution in [3.63, 3.8) is 0 Å². The molecule has 0 saturated carbocycles. The molecule has 0 aliphatic carbocycles. The molecule has 3 rings (SSSR count). The number of thiophene rings is 1. The predicted molar refractivity (Wildman–Crippen MR) is 97.5 cm³/mol. The molecule has 2 N–H and O–H groups in total. The lowest BCUT2D eigenvalue weighted by Gasteiger charge is -2.33. The highest BCUT2D eigenvalue weighted by molar-refractivity contribution is 9.10. The lowest BCUT2D eigenvalue weighted by molar-refractivity contribution is -0.173. The highest BCUT2D eigenvalue weighted by Crippen LogP contribution is 2.46. The van der Waals surface area contributed by atoms with Gasteiger partial charge in [-0.25, -0.2) is 4.68 Å². The monoisotopic (exact) mass is 450 g/mol. The third-order valence-electron chi connectivity index (χ3n) is 3.89. The Balaban J connectivity index is 2.03. The fourth-order valence-electron chi connectivity index (χ4n) is 2.81. The Morgan fingerprint density at radius 3 is 2.65 bits per heavy atom. The van der Waals surface area contributed by atoms with Crippen LogP contribution in [0.3, 0.4) is 0 Å². The lowest BCUT2D eigenvalue weighted by atomic mass is 10.0. The molecule has 0 aromatic carbocycles. The average Bonchev–Trinajstić information content (AvgIpc) is 3.12. The standard InChI is InChI=1S/C16H18BrF3N4OS/c1-15(2,3)22-14(25)12-11(17)13-21-8(9-5-4-6-26-9)7-10(16(18,19)20)24(13)23-12/h4-6,8,10,21H,7H2,1-3H3,(H,22,25)/t8-,10+/m1/s1. The number of amides is 1. The summed E-state index contributed by atoms with van der Waals surface area (Å²) in [7, 11) is 0. The van der Waals surface area contributed by atoms with Crippen LogP contribution in [-0.4, -0.2) is 27.4 Å². The van der Waals surface area contributed by atoms with Crippen molar-refractivity contribution in [2.24, 2.45) is 0 Å². The number of hydrogen-bond donors (Lipinski definition) is 2. The Labute approximate surface area is 161 Å². The van der Waals surface area contributed by atoms with Gasteiger partial charge in [-0.2, -0.15) is 18.3 Å². The molecule has 2 aromatic rings. The lowest BCUT2D eigenvalue weighted by Crippen LogP contribution is -2.41. The predicted octanol–water partition coefficient (Wildman–Crippen LogP) is 4.90. The Kier molecular flexibility index (Phi) is 4.85. The van der Waals surface area contributed by atoms with E-state index in [1.165, 1.54) is 11.3 Å². The number of alkyl halides is 3. The second-order valence-corrected chi connectivity index (χ2v) is 8.94. The molecule has 10 heteroatoms.